The summed E-state index contributed by atoms with van der Waals surface area (Å²) in [5, 5.41) is 16.2. The highest BCUT2D eigenvalue weighted by Gasteiger charge is 2.14. The van der Waals surface area contributed by atoms with Crippen LogP contribution in [0.4, 0.5) is 0 Å². The fourth-order valence-electron chi connectivity index (χ4n) is 3.34. The van der Waals surface area contributed by atoms with Crippen LogP contribution in [0.2, 0.25) is 5.02 Å². The second-order valence-corrected chi connectivity index (χ2v) is 7.82. The minimum Gasteiger partial charge on any atom is -0.312 e. The minimum absolute atomic E-state index is 0.660. The zero-order valence-electron chi connectivity index (χ0n) is 16.9. The molecule has 8 heteroatoms. The maximum absolute atomic E-state index is 6.13. The second-order valence-electron chi connectivity index (χ2n) is 7.38. The molecule has 4 rings (SSSR count). The van der Waals surface area contributed by atoms with Crippen molar-refractivity contribution < 1.29 is 0 Å². The lowest BCUT2D eigenvalue weighted by Gasteiger charge is -2.21. The quantitative estimate of drug-likeness (QED) is 0.446. The van der Waals surface area contributed by atoms with E-state index in [4.69, 9.17) is 11.6 Å². The molecule has 0 atom stereocenters. The minimum atomic E-state index is 0.660. The van der Waals surface area contributed by atoms with Gasteiger partial charge in [0.15, 0.2) is 0 Å². The second kappa shape index (κ2) is 9.65. The maximum Gasteiger partial charge on any atom is 0.147 e. The first kappa shape index (κ1) is 20.3. The molecule has 0 aliphatic rings. The van der Waals surface area contributed by atoms with Crippen molar-refractivity contribution in [2.45, 2.75) is 33.0 Å². The van der Waals surface area contributed by atoms with Gasteiger partial charge in [-0.1, -0.05) is 53.6 Å². The van der Waals surface area contributed by atoms with Crippen LogP contribution in [0.5, 0.6) is 0 Å². The van der Waals surface area contributed by atoms with E-state index in [2.05, 4.69) is 72.1 Å². The summed E-state index contributed by atoms with van der Waals surface area (Å²) < 4.78 is 2.06. The van der Waals surface area contributed by atoms with Crippen molar-refractivity contribution in [3.8, 4) is 0 Å². The van der Waals surface area contributed by atoms with Crippen molar-refractivity contribution in [2.24, 2.45) is 0 Å². The van der Waals surface area contributed by atoms with Crippen molar-refractivity contribution in [3.63, 3.8) is 0 Å². The molecule has 1 N–H and O–H groups in total. The molecule has 2 aromatic heterocycles. The molecule has 0 bridgehead atoms. The summed E-state index contributed by atoms with van der Waals surface area (Å²) in [5.74, 6) is 1.73. The van der Waals surface area contributed by atoms with E-state index in [1.165, 1.54) is 17.5 Å². The van der Waals surface area contributed by atoms with Gasteiger partial charge in [0, 0.05) is 11.6 Å². The zero-order chi connectivity index (χ0) is 20.8. The van der Waals surface area contributed by atoms with Crippen LogP contribution in [0.15, 0.2) is 61.2 Å². The van der Waals surface area contributed by atoms with Gasteiger partial charge in [0.05, 0.1) is 19.6 Å². The van der Waals surface area contributed by atoms with Gasteiger partial charge in [-0.3, -0.25) is 10.00 Å². The average molecular weight is 422 g/mol. The third kappa shape index (κ3) is 5.52. The molecule has 0 aliphatic heterocycles. The van der Waals surface area contributed by atoms with Gasteiger partial charge in [-0.25, -0.2) is 4.98 Å². The SMILES string of the molecule is Cc1ccc(CCN(Cc2ncn[nH]2)Cc2nncn2Cc2cccc(Cl)c2)cc1. The Hall–Kier alpha value is -3.03. The van der Waals surface area contributed by atoms with Gasteiger partial charge in [0.2, 0.25) is 0 Å². The number of hydrogen-bond donors (Lipinski definition) is 1. The van der Waals surface area contributed by atoms with Crippen LogP contribution in [0.3, 0.4) is 0 Å². The first-order chi connectivity index (χ1) is 14.7. The van der Waals surface area contributed by atoms with Crippen LogP contribution in [-0.2, 0) is 26.1 Å². The molecule has 0 spiro atoms. The number of aryl methyl sites for hydroxylation is 1. The maximum atomic E-state index is 6.13. The third-order valence-electron chi connectivity index (χ3n) is 4.98. The van der Waals surface area contributed by atoms with Gasteiger partial charge in [-0.15, -0.1) is 10.2 Å². The van der Waals surface area contributed by atoms with E-state index in [1.54, 1.807) is 6.33 Å². The van der Waals surface area contributed by atoms with Gasteiger partial charge in [0.25, 0.3) is 0 Å². The molecule has 7 nitrogen and oxygen atoms in total. The number of halogens is 1. The van der Waals surface area contributed by atoms with Crippen LogP contribution in [0, 0.1) is 6.92 Å². The number of H-pyrrole nitrogens is 1. The normalized spacial score (nSPS) is 11.3. The summed E-state index contributed by atoms with van der Waals surface area (Å²) in [7, 11) is 0. The first-order valence-corrected chi connectivity index (χ1v) is 10.3. The summed E-state index contributed by atoms with van der Waals surface area (Å²) in [4.78, 5) is 6.59. The summed E-state index contributed by atoms with van der Waals surface area (Å²) in [6.45, 7) is 4.97. The van der Waals surface area contributed by atoms with Gasteiger partial charge >= 0.3 is 0 Å². The highest BCUT2D eigenvalue weighted by Crippen LogP contribution is 2.14. The molecule has 30 heavy (non-hydrogen) atoms. The number of rotatable bonds is 9. The van der Waals surface area contributed by atoms with Gasteiger partial charge in [-0.2, -0.15) is 5.10 Å². The monoisotopic (exact) mass is 421 g/mol. The summed E-state index contributed by atoms with van der Waals surface area (Å²) >= 11 is 6.13. The van der Waals surface area contributed by atoms with Crippen LogP contribution >= 0.6 is 11.6 Å². The lowest BCUT2D eigenvalue weighted by Crippen LogP contribution is -2.27. The largest absolute Gasteiger partial charge is 0.312 e. The molecular weight excluding hydrogens is 398 g/mol. The molecule has 0 fully saturated rings. The lowest BCUT2D eigenvalue weighted by molar-refractivity contribution is 0.244. The average Bonchev–Trinajstić information content (AvgIpc) is 3.40. The van der Waals surface area contributed by atoms with Crippen LogP contribution in [0.25, 0.3) is 0 Å². The summed E-state index contributed by atoms with van der Waals surface area (Å²) in [5.41, 5.74) is 3.69. The number of nitrogens with zero attached hydrogens (tertiary/aromatic N) is 6. The fourth-order valence-corrected chi connectivity index (χ4v) is 3.55. The number of aromatic amines is 1. The Bertz CT molecular complexity index is 1060. The molecule has 0 unspecified atom stereocenters. The van der Waals surface area contributed by atoms with Gasteiger partial charge in [0.1, 0.15) is 24.3 Å². The lowest BCUT2D eigenvalue weighted by atomic mass is 10.1. The van der Waals surface area contributed by atoms with Gasteiger partial charge in [-0.05, 0) is 36.6 Å². The highest BCUT2D eigenvalue weighted by atomic mass is 35.5. The predicted octanol–water partition coefficient (Wildman–Crippen LogP) is 3.65. The third-order valence-corrected chi connectivity index (χ3v) is 5.21. The van der Waals surface area contributed by atoms with Crippen molar-refractivity contribution in [1.29, 1.82) is 0 Å². The smallest absolute Gasteiger partial charge is 0.147 e. The molecule has 0 radical (unpaired) electrons. The van der Waals surface area contributed by atoms with Crippen molar-refractivity contribution in [3.05, 3.63) is 94.5 Å². The van der Waals surface area contributed by atoms with E-state index in [0.717, 1.165) is 35.2 Å². The topological polar surface area (TPSA) is 75.5 Å². The van der Waals surface area contributed by atoms with Gasteiger partial charge < -0.3 is 4.57 Å². The highest BCUT2D eigenvalue weighted by molar-refractivity contribution is 6.30. The molecule has 2 heterocycles. The Balaban J connectivity index is 1.47. The Labute approximate surface area is 180 Å². The molecule has 0 saturated heterocycles. The molecule has 0 saturated carbocycles. The number of aromatic nitrogens is 6. The Morgan fingerprint density at radius 2 is 1.93 bits per heavy atom. The van der Waals surface area contributed by atoms with E-state index in [0.29, 0.717) is 19.6 Å². The predicted molar refractivity (Wildman–Crippen MR) is 116 cm³/mol. The number of hydrogen-bond acceptors (Lipinski definition) is 5. The van der Waals surface area contributed by atoms with E-state index >= 15 is 0 Å². The van der Waals surface area contributed by atoms with Crippen molar-refractivity contribution in [2.75, 3.05) is 6.54 Å². The van der Waals surface area contributed by atoms with Crippen LogP contribution < -0.4 is 0 Å². The molecule has 0 aliphatic carbocycles. The Morgan fingerprint density at radius 1 is 1.07 bits per heavy atom. The molecule has 2 aromatic carbocycles. The van der Waals surface area contributed by atoms with Crippen molar-refractivity contribution in [1.82, 2.24) is 34.8 Å². The number of nitrogens with one attached hydrogen (secondary N) is 1. The zero-order valence-corrected chi connectivity index (χ0v) is 17.6. The summed E-state index contributed by atoms with van der Waals surface area (Å²) in [6, 6.07) is 16.5. The fraction of sp³-hybridized carbons (Fsp3) is 0.273. The van der Waals surface area contributed by atoms with E-state index in [1.807, 2.05) is 18.2 Å². The molecule has 154 valence electrons. The summed E-state index contributed by atoms with van der Waals surface area (Å²) in [6.07, 6.45) is 4.24. The molecular formula is C22H24ClN7. The Morgan fingerprint density at radius 3 is 2.70 bits per heavy atom. The number of benzene rings is 2. The first-order valence-electron chi connectivity index (χ1n) is 9.89. The molecule has 4 aromatic rings. The standard InChI is InChI=1S/C22H24ClN7/c1-17-5-7-18(8-6-17)9-10-29(13-21-24-15-25-27-21)14-22-28-26-16-30(22)12-19-3-2-4-20(23)11-19/h2-8,11,15-16H,9-10,12-14H2,1H3,(H,24,25,27). The Kier molecular flexibility index (Phi) is 6.51. The van der Waals surface area contributed by atoms with E-state index in [9.17, 15) is 0 Å². The van der Waals surface area contributed by atoms with E-state index in [-0.39, 0.29) is 0 Å². The van der Waals surface area contributed by atoms with Crippen LogP contribution in [0.1, 0.15) is 28.3 Å². The van der Waals surface area contributed by atoms with Crippen molar-refractivity contribution >= 4 is 11.6 Å². The molecule has 0 amide bonds. The van der Waals surface area contributed by atoms with Crippen LogP contribution in [-0.4, -0.2) is 41.4 Å². The van der Waals surface area contributed by atoms with E-state index < -0.39 is 0 Å².